The first kappa shape index (κ1) is 17.3. The average Bonchev–Trinajstić information content (AvgIpc) is 2.96. The maximum absolute atomic E-state index is 10.1. The fourth-order valence-corrected chi connectivity index (χ4v) is 3.35. The summed E-state index contributed by atoms with van der Waals surface area (Å²) in [6.07, 6.45) is 6.23. The molecule has 2 aromatic carbocycles. The minimum absolute atomic E-state index is 0.0894. The molecule has 6 nitrogen and oxygen atoms in total. The second kappa shape index (κ2) is 7.61. The van der Waals surface area contributed by atoms with E-state index in [0.29, 0.717) is 11.3 Å². The van der Waals surface area contributed by atoms with E-state index in [9.17, 15) is 5.11 Å². The number of aromatic hydroxyl groups is 1. The number of aryl methyl sites for hydroxylation is 1. The van der Waals surface area contributed by atoms with Crippen LogP contribution in [-0.4, -0.2) is 33.2 Å². The van der Waals surface area contributed by atoms with Gasteiger partial charge >= 0.3 is 0 Å². The normalized spacial score (nSPS) is 14.1. The largest absolute Gasteiger partial charge is 0.504 e. The Morgan fingerprint density at radius 1 is 1.07 bits per heavy atom. The number of para-hydroxylation sites is 1. The van der Waals surface area contributed by atoms with Crippen LogP contribution in [0, 0.1) is 0 Å². The highest BCUT2D eigenvalue weighted by atomic mass is 16.5. The van der Waals surface area contributed by atoms with E-state index in [2.05, 4.69) is 19.8 Å². The summed E-state index contributed by atoms with van der Waals surface area (Å²) in [7, 11) is 1.53. The van der Waals surface area contributed by atoms with Crippen molar-refractivity contribution >= 4 is 11.9 Å². The predicted molar refractivity (Wildman–Crippen MR) is 105 cm³/mol. The number of fused-ring (bicyclic) bond motifs is 1. The van der Waals surface area contributed by atoms with E-state index in [-0.39, 0.29) is 5.75 Å². The van der Waals surface area contributed by atoms with Crippen LogP contribution in [-0.2, 0) is 13.0 Å². The summed E-state index contributed by atoms with van der Waals surface area (Å²) >= 11 is 0. The topological polar surface area (TPSA) is 72.5 Å². The van der Waals surface area contributed by atoms with Gasteiger partial charge in [-0.25, -0.2) is 0 Å². The molecule has 0 spiro atoms. The van der Waals surface area contributed by atoms with Gasteiger partial charge in [0.25, 0.3) is 0 Å². The molecule has 27 heavy (non-hydrogen) atoms. The number of aromatic nitrogens is 3. The Kier molecular flexibility index (Phi) is 4.87. The summed E-state index contributed by atoms with van der Waals surface area (Å²) < 4.78 is 7.36. The van der Waals surface area contributed by atoms with E-state index in [1.165, 1.54) is 26.4 Å². The zero-order chi connectivity index (χ0) is 18.6. The lowest BCUT2D eigenvalue weighted by molar-refractivity contribution is 0.373. The molecule has 6 heteroatoms. The highest BCUT2D eigenvalue weighted by molar-refractivity contribution is 5.86. The monoisotopic (exact) mass is 362 g/mol. The third-order valence-corrected chi connectivity index (χ3v) is 4.84. The molecule has 0 saturated heterocycles. The Hall–Kier alpha value is -3.15. The molecule has 0 radical (unpaired) electrons. The first-order chi connectivity index (χ1) is 13.3. The van der Waals surface area contributed by atoms with Gasteiger partial charge in [-0.1, -0.05) is 12.5 Å². The zero-order valence-electron chi connectivity index (χ0n) is 15.3. The Balaban J connectivity index is 1.56. The summed E-state index contributed by atoms with van der Waals surface area (Å²) in [6, 6.07) is 13.2. The van der Waals surface area contributed by atoms with Gasteiger partial charge in [-0.2, -0.15) is 0 Å². The Bertz CT molecular complexity index is 961. The first-order valence-corrected chi connectivity index (χ1v) is 9.19. The van der Waals surface area contributed by atoms with Gasteiger partial charge in [0.2, 0.25) is 0 Å². The molecule has 0 unspecified atom stereocenters. The van der Waals surface area contributed by atoms with Crippen molar-refractivity contribution in [3.63, 3.8) is 0 Å². The van der Waals surface area contributed by atoms with E-state index in [1.54, 1.807) is 18.3 Å². The lowest BCUT2D eigenvalue weighted by atomic mass is 10.2. The van der Waals surface area contributed by atoms with Crippen LogP contribution in [0.2, 0.25) is 0 Å². The lowest BCUT2D eigenvalue weighted by Crippen LogP contribution is -2.02. The van der Waals surface area contributed by atoms with Crippen molar-refractivity contribution in [1.82, 2.24) is 14.8 Å². The van der Waals surface area contributed by atoms with Crippen LogP contribution in [0.1, 0.15) is 30.7 Å². The van der Waals surface area contributed by atoms with Crippen molar-refractivity contribution in [3.05, 3.63) is 53.9 Å². The van der Waals surface area contributed by atoms with Crippen molar-refractivity contribution in [1.29, 1.82) is 0 Å². The van der Waals surface area contributed by atoms with Crippen LogP contribution >= 0.6 is 0 Å². The quantitative estimate of drug-likeness (QED) is 0.708. The molecule has 4 rings (SSSR count). The minimum Gasteiger partial charge on any atom is -0.504 e. The summed E-state index contributed by atoms with van der Waals surface area (Å²) in [4.78, 5) is 4.45. The molecule has 0 aliphatic carbocycles. The minimum atomic E-state index is 0.0894. The second-order valence-electron chi connectivity index (χ2n) is 6.61. The molecule has 1 aliphatic rings. The molecule has 0 atom stereocenters. The molecule has 1 aromatic heterocycles. The number of aliphatic imine (C=N–C) groups is 1. The molecule has 1 aliphatic heterocycles. The smallest absolute Gasteiger partial charge is 0.166 e. The Morgan fingerprint density at radius 2 is 1.93 bits per heavy atom. The van der Waals surface area contributed by atoms with Gasteiger partial charge in [0.05, 0.1) is 12.8 Å². The van der Waals surface area contributed by atoms with Gasteiger partial charge in [0.1, 0.15) is 5.82 Å². The molecule has 0 amide bonds. The first-order valence-electron chi connectivity index (χ1n) is 9.19. The summed E-state index contributed by atoms with van der Waals surface area (Å²) in [5.41, 5.74) is 2.46. The number of benzene rings is 2. The number of nitrogens with zero attached hydrogens (tertiary/aromatic N) is 4. The number of hydrogen-bond donors (Lipinski definition) is 1. The number of phenols is 1. The maximum Gasteiger partial charge on any atom is 0.166 e. The highest BCUT2D eigenvalue weighted by Crippen LogP contribution is 2.29. The van der Waals surface area contributed by atoms with Crippen LogP contribution in [0.15, 0.2) is 47.5 Å². The lowest BCUT2D eigenvalue weighted by Gasteiger charge is -2.07. The van der Waals surface area contributed by atoms with Crippen molar-refractivity contribution in [2.45, 2.75) is 32.2 Å². The van der Waals surface area contributed by atoms with Gasteiger partial charge < -0.3 is 14.4 Å². The molecular weight excluding hydrogens is 340 g/mol. The van der Waals surface area contributed by atoms with Gasteiger partial charge in [-0.05, 0) is 49.2 Å². The van der Waals surface area contributed by atoms with Gasteiger partial charge in [0.15, 0.2) is 17.3 Å². The van der Waals surface area contributed by atoms with Gasteiger partial charge in [-0.3, -0.25) is 4.99 Å². The third-order valence-electron chi connectivity index (χ3n) is 4.84. The van der Waals surface area contributed by atoms with E-state index < -0.39 is 0 Å². The third kappa shape index (κ3) is 3.56. The molecule has 138 valence electrons. The Labute approximate surface area is 158 Å². The molecule has 2 heterocycles. The fourth-order valence-electron chi connectivity index (χ4n) is 3.35. The highest BCUT2D eigenvalue weighted by Gasteiger charge is 2.15. The molecule has 0 fully saturated rings. The SMILES string of the molecule is COc1cccc(C=Nc2ccc(-c3nnc4n3CCCCC4)cc2)c1O. The van der Waals surface area contributed by atoms with E-state index in [4.69, 9.17) is 4.74 Å². The molecular formula is C21H22N4O2. The molecule has 0 saturated carbocycles. The Morgan fingerprint density at radius 3 is 2.74 bits per heavy atom. The summed E-state index contributed by atoms with van der Waals surface area (Å²) in [5.74, 6) is 2.53. The molecule has 1 N–H and O–H groups in total. The van der Waals surface area contributed by atoms with Crippen LogP contribution < -0.4 is 4.74 Å². The van der Waals surface area contributed by atoms with Crippen molar-refractivity contribution < 1.29 is 9.84 Å². The van der Waals surface area contributed by atoms with Gasteiger partial charge in [-0.15, -0.1) is 10.2 Å². The van der Waals surface area contributed by atoms with Crippen LogP contribution in [0.4, 0.5) is 5.69 Å². The van der Waals surface area contributed by atoms with Gasteiger partial charge in [0, 0.05) is 30.3 Å². The number of phenolic OH excluding ortho intramolecular Hbond substituents is 1. The fraction of sp³-hybridized carbons (Fsp3) is 0.286. The summed E-state index contributed by atoms with van der Waals surface area (Å²) in [5, 5.41) is 18.9. The van der Waals surface area contributed by atoms with E-state index >= 15 is 0 Å². The van der Waals surface area contributed by atoms with E-state index in [1.807, 2.05) is 30.3 Å². The number of methoxy groups -OCH3 is 1. The predicted octanol–water partition coefficient (Wildman–Crippen LogP) is 4.14. The maximum atomic E-state index is 10.1. The van der Waals surface area contributed by atoms with Crippen molar-refractivity contribution in [2.75, 3.05) is 7.11 Å². The number of ether oxygens (including phenoxy) is 1. The van der Waals surface area contributed by atoms with Crippen molar-refractivity contribution in [3.8, 4) is 22.9 Å². The zero-order valence-corrected chi connectivity index (χ0v) is 15.3. The number of hydrogen-bond acceptors (Lipinski definition) is 5. The number of rotatable bonds is 4. The average molecular weight is 362 g/mol. The standard InChI is InChI=1S/C21H22N4O2/c1-27-18-7-5-6-16(20(18)26)14-22-17-11-9-15(10-12-17)21-24-23-19-8-3-2-4-13-25(19)21/h5-7,9-12,14,26H,2-4,8,13H2,1H3. The van der Waals surface area contributed by atoms with Crippen LogP contribution in [0.5, 0.6) is 11.5 Å². The van der Waals surface area contributed by atoms with Crippen molar-refractivity contribution in [2.24, 2.45) is 4.99 Å². The molecule has 0 bridgehead atoms. The molecule has 3 aromatic rings. The van der Waals surface area contributed by atoms with Crippen LogP contribution in [0.25, 0.3) is 11.4 Å². The van der Waals surface area contributed by atoms with Crippen LogP contribution in [0.3, 0.4) is 0 Å². The second-order valence-corrected chi connectivity index (χ2v) is 6.61. The van der Waals surface area contributed by atoms with E-state index in [0.717, 1.165) is 35.9 Å². The summed E-state index contributed by atoms with van der Waals surface area (Å²) in [6.45, 7) is 0.979.